The SMILES string of the molecule is COCC(=O)N[C@H]1CC[C@]2(C)CCC([C@H](C)C(=O)NCc3cccs3)[C@H](O)[C@H]2[C@@H]1C. The van der Waals surface area contributed by atoms with E-state index in [-0.39, 0.29) is 53.5 Å². The van der Waals surface area contributed by atoms with Gasteiger partial charge >= 0.3 is 0 Å². The largest absolute Gasteiger partial charge is 0.392 e. The van der Waals surface area contributed by atoms with Crippen molar-refractivity contribution in [2.24, 2.45) is 29.1 Å². The highest BCUT2D eigenvalue weighted by molar-refractivity contribution is 7.09. The van der Waals surface area contributed by atoms with Crippen LogP contribution >= 0.6 is 11.3 Å². The van der Waals surface area contributed by atoms with Crippen LogP contribution in [0.5, 0.6) is 0 Å². The zero-order valence-electron chi connectivity index (χ0n) is 18.5. The molecule has 3 N–H and O–H groups in total. The van der Waals surface area contributed by atoms with E-state index in [0.717, 1.165) is 30.6 Å². The number of aliphatic hydroxyl groups excluding tert-OH is 1. The third kappa shape index (κ3) is 4.89. The number of hydrogen-bond acceptors (Lipinski definition) is 5. The Labute approximate surface area is 183 Å². The first kappa shape index (κ1) is 23.2. The summed E-state index contributed by atoms with van der Waals surface area (Å²) in [5.74, 6) is -0.220. The van der Waals surface area contributed by atoms with Gasteiger partial charge in [0.25, 0.3) is 0 Å². The van der Waals surface area contributed by atoms with Gasteiger partial charge in [0.2, 0.25) is 11.8 Å². The monoisotopic (exact) mass is 436 g/mol. The van der Waals surface area contributed by atoms with Crippen LogP contribution in [0.15, 0.2) is 17.5 Å². The fourth-order valence-electron chi connectivity index (χ4n) is 5.82. The minimum Gasteiger partial charge on any atom is -0.392 e. The molecule has 7 atom stereocenters. The number of aliphatic hydroxyl groups is 1. The van der Waals surface area contributed by atoms with E-state index in [2.05, 4.69) is 24.5 Å². The first-order valence-corrected chi connectivity index (χ1v) is 11.9. The van der Waals surface area contributed by atoms with E-state index >= 15 is 0 Å². The summed E-state index contributed by atoms with van der Waals surface area (Å²) in [6, 6.07) is 4.02. The van der Waals surface area contributed by atoms with E-state index in [1.165, 1.54) is 7.11 Å². The molecule has 7 heteroatoms. The predicted molar refractivity (Wildman–Crippen MR) is 118 cm³/mol. The van der Waals surface area contributed by atoms with Gasteiger partial charge in [-0.25, -0.2) is 0 Å². The van der Waals surface area contributed by atoms with Crippen LogP contribution in [0.4, 0.5) is 0 Å². The molecule has 2 aliphatic rings. The lowest BCUT2D eigenvalue weighted by Crippen LogP contribution is -2.58. The Morgan fingerprint density at radius 1 is 1.37 bits per heavy atom. The summed E-state index contributed by atoms with van der Waals surface area (Å²) < 4.78 is 4.95. The lowest BCUT2D eigenvalue weighted by Gasteiger charge is -2.56. The summed E-state index contributed by atoms with van der Waals surface area (Å²) in [5, 5.41) is 19.5. The van der Waals surface area contributed by atoms with Crippen LogP contribution in [0, 0.1) is 29.1 Å². The molecule has 0 saturated heterocycles. The van der Waals surface area contributed by atoms with Gasteiger partial charge in [0.05, 0.1) is 12.6 Å². The van der Waals surface area contributed by atoms with E-state index < -0.39 is 6.10 Å². The third-order valence-corrected chi connectivity index (χ3v) is 8.46. The highest BCUT2D eigenvalue weighted by atomic mass is 32.1. The molecule has 0 aromatic carbocycles. The maximum absolute atomic E-state index is 12.8. The van der Waals surface area contributed by atoms with Gasteiger partial charge in [-0.05, 0) is 60.3 Å². The maximum Gasteiger partial charge on any atom is 0.246 e. The lowest BCUT2D eigenvalue weighted by atomic mass is 9.51. The number of carbonyl (C=O) groups excluding carboxylic acids is 2. The van der Waals surface area contributed by atoms with Crippen LogP contribution in [-0.4, -0.2) is 42.8 Å². The van der Waals surface area contributed by atoms with Gasteiger partial charge in [-0.3, -0.25) is 9.59 Å². The Balaban J connectivity index is 1.66. The Bertz CT molecular complexity index is 725. The van der Waals surface area contributed by atoms with Gasteiger partial charge in [0.15, 0.2) is 0 Å². The molecule has 168 valence electrons. The number of ether oxygens (including phenoxy) is 1. The molecule has 2 fully saturated rings. The van der Waals surface area contributed by atoms with Crippen molar-refractivity contribution < 1.29 is 19.4 Å². The molecule has 6 nitrogen and oxygen atoms in total. The van der Waals surface area contributed by atoms with Crippen molar-refractivity contribution in [3.05, 3.63) is 22.4 Å². The van der Waals surface area contributed by atoms with Gasteiger partial charge in [-0.1, -0.05) is 26.8 Å². The van der Waals surface area contributed by atoms with Gasteiger partial charge in [-0.2, -0.15) is 0 Å². The average Bonchev–Trinajstić information content (AvgIpc) is 3.22. The number of amides is 2. The zero-order chi connectivity index (χ0) is 21.9. The third-order valence-electron chi connectivity index (χ3n) is 7.58. The second kappa shape index (κ2) is 9.79. The molecule has 0 spiro atoms. The summed E-state index contributed by atoms with van der Waals surface area (Å²) in [5.41, 5.74) is 0.0466. The molecule has 0 radical (unpaired) electrons. The fraction of sp³-hybridized carbons (Fsp3) is 0.739. The van der Waals surface area contributed by atoms with Crippen molar-refractivity contribution in [3.63, 3.8) is 0 Å². The van der Waals surface area contributed by atoms with Crippen LogP contribution < -0.4 is 10.6 Å². The van der Waals surface area contributed by atoms with Crippen molar-refractivity contribution in [1.82, 2.24) is 10.6 Å². The maximum atomic E-state index is 12.8. The molecule has 0 bridgehead atoms. The first-order chi connectivity index (χ1) is 14.3. The molecule has 30 heavy (non-hydrogen) atoms. The van der Waals surface area contributed by atoms with Crippen molar-refractivity contribution >= 4 is 23.2 Å². The van der Waals surface area contributed by atoms with Gasteiger partial charge in [0.1, 0.15) is 6.61 Å². The molecule has 3 rings (SSSR count). The number of rotatable bonds is 7. The van der Waals surface area contributed by atoms with Gasteiger partial charge in [-0.15, -0.1) is 11.3 Å². The number of nitrogens with one attached hydrogen (secondary N) is 2. The van der Waals surface area contributed by atoms with Crippen LogP contribution in [-0.2, 0) is 20.9 Å². The summed E-state index contributed by atoms with van der Waals surface area (Å²) >= 11 is 1.63. The first-order valence-electron chi connectivity index (χ1n) is 11.0. The number of thiophene rings is 1. The molecule has 1 aromatic rings. The van der Waals surface area contributed by atoms with Crippen molar-refractivity contribution in [2.45, 2.75) is 65.1 Å². The number of hydrogen-bond donors (Lipinski definition) is 3. The van der Waals surface area contributed by atoms with E-state index in [4.69, 9.17) is 4.74 Å². The average molecular weight is 437 g/mol. The molecule has 1 aromatic heterocycles. The topological polar surface area (TPSA) is 87.7 Å². The summed E-state index contributed by atoms with van der Waals surface area (Å²) in [4.78, 5) is 26.0. The highest BCUT2D eigenvalue weighted by Crippen LogP contribution is 2.55. The molecule has 2 saturated carbocycles. The molecule has 1 heterocycles. The normalized spacial score (nSPS) is 34.6. The van der Waals surface area contributed by atoms with Crippen LogP contribution in [0.3, 0.4) is 0 Å². The van der Waals surface area contributed by atoms with Crippen LogP contribution in [0.25, 0.3) is 0 Å². The Morgan fingerprint density at radius 2 is 2.10 bits per heavy atom. The molecule has 0 aliphatic heterocycles. The predicted octanol–water partition coefficient (Wildman–Crippen LogP) is 2.95. The number of methoxy groups -OCH3 is 1. The van der Waals surface area contributed by atoms with E-state index in [1.54, 1.807) is 11.3 Å². The summed E-state index contributed by atoms with van der Waals surface area (Å²) in [6.45, 7) is 6.92. The Kier molecular flexibility index (Phi) is 7.58. The summed E-state index contributed by atoms with van der Waals surface area (Å²) in [7, 11) is 1.52. The Morgan fingerprint density at radius 3 is 2.77 bits per heavy atom. The lowest BCUT2D eigenvalue weighted by molar-refractivity contribution is -0.144. The van der Waals surface area contributed by atoms with Gasteiger partial charge < -0.3 is 20.5 Å². The molecular formula is C23H36N2O4S. The minimum atomic E-state index is -0.552. The molecule has 2 aliphatic carbocycles. The standard InChI is InChI=1S/C23H36N2O4S/c1-14(22(28)24-12-16-6-5-11-30-16)17-7-9-23(3)10-8-18(25-19(26)13-29-4)15(2)20(23)21(17)27/h5-6,11,14-15,17-18,20-21,27H,7-10,12-13H2,1-4H3,(H,24,28)(H,25,26)/t14-,15+,17?,18-,20+,21-,23-/m0/s1. The van der Waals surface area contributed by atoms with Crippen molar-refractivity contribution in [3.8, 4) is 0 Å². The fourth-order valence-corrected chi connectivity index (χ4v) is 6.46. The quantitative estimate of drug-likeness (QED) is 0.613. The van der Waals surface area contributed by atoms with E-state index in [1.807, 2.05) is 24.4 Å². The van der Waals surface area contributed by atoms with Crippen LogP contribution in [0.2, 0.25) is 0 Å². The second-order valence-electron chi connectivity index (χ2n) is 9.46. The Hall–Kier alpha value is -1.44. The van der Waals surface area contributed by atoms with E-state index in [0.29, 0.717) is 6.54 Å². The van der Waals surface area contributed by atoms with Crippen molar-refractivity contribution in [1.29, 1.82) is 0 Å². The van der Waals surface area contributed by atoms with Crippen LogP contribution in [0.1, 0.15) is 51.3 Å². The minimum absolute atomic E-state index is 0.00413. The number of fused-ring (bicyclic) bond motifs is 1. The molecule has 2 amide bonds. The van der Waals surface area contributed by atoms with E-state index in [9.17, 15) is 14.7 Å². The summed E-state index contributed by atoms with van der Waals surface area (Å²) in [6.07, 6.45) is 3.20. The molecule has 1 unspecified atom stereocenters. The second-order valence-corrected chi connectivity index (χ2v) is 10.5. The molecular weight excluding hydrogens is 400 g/mol. The smallest absolute Gasteiger partial charge is 0.246 e. The zero-order valence-corrected chi connectivity index (χ0v) is 19.3. The highest BCUT2D eigenvalue weighted by Gasteiger charge is 2.53. The number of carbonyl (C=O) groups is 2. The van der Waals surface area contributed by atoms with Crippen molar-refractivity contribution in [2.75, 3.05) is 13.7 Å². The van der Waals surface area contributed by atoms with Gasteiger partial charge in [0, 0.05) is 23.9 Å².